The Morgan fingerprint density at radius 2 is 1.77 bits per heavy atom. The first kappa shape index (κ1) is 22.6. The Hall–Kier alpha value is -3.06. The first-order chi connectivity index (χ1) is 15.0. The minimum atomic E-state index is -0.410. The number of nitrogens with one attached hydrogen (secondary N) is 2. The third-order valence-electron chi connectivity index (χ3n) is 5.27. The second-order valence-electron chi connectivity index (χ2n) is 7.93. The fourth-order valence-electron chi connectivity index (χ4n) is 3.74. The Bertz CT molecular complexity index is 866. The Labute approximate surface area is 183 Å². The summed E-state index contributed by atoms with van der Waals surface area (Å²) in [4.78, 5) is 26.0. The topological polar surface area (TPSA) is 79.9 Å². The average molecular weight is 426 g/mol. The minimum absolute atomic E-state index is 0.118. The number of amides is 3. The highest BCUT2D eigenvalue weighted by atomic mass is 16.5. The molecule has 31 heavy (non-hydrogen) atoms. The van der Waals surface area contributed by atoms with E-state index in [0.29, 0.717) is 24.7 Å². The average Bonchev–Trinajstić information content (AvgIpc) is 3.26. The Balaban J connectivity index is 1.47. The highest BCUT2D eigenvalue weighted by Crippen LogP contribution is 2.29. The molecule has 2 aromatic carbocycles. The third-order valence-corrected chi connectivity index (χ3v) is 5.27. The maximum atomic E-state index is 12.2. The van der Waals surface area contributed by atoms with E-state index in [1.165, 1.54) is 0 Å². The molecule has 3 rings (SSSR count). The molecule has 0 atom stereocenters. The van der Waals surface area contributed by atoms with Gasteiger partial charge in [-0.25, -0.2) is 4.79 Å². The lowest BCUT2D eigenvalue weighted by Crippen LogP contribution is -2.46. The van der Waals surface area contributed by atoms with Gasteiger partial charge >= 0.3 is 6.03 Å². The van der Waals surface area contributed by atoms with Gasteiger partial charge in [0.05, 0.1) is 13.7 Å². The second-order valence-corrected chi connectivity index (χ2v) is 7.93. The number of methoxy groups -OCH3 is 1. The molecule has 0 radical (unpaired) electrons. The first-order valence-corrected chi connectivity index (χ1v) is 10.7. The predicted molar refractivity (Wildman–Crippen MR) is 119 cm³/mol. The number of rotatable bonds is 9. The van der Waals surface area contributed by atoms with E-state index in [4.69, 9.17) is 9.47 Å². The standard InChI is InChI=1S/C24H31N3O4/c1-27(16-23(28)26-24(29)25-20-10-6-7-11-20)15-19-12-13-21(22(14-19)30-2)31-17-18-8-4-3-5-9-18/h3-5,8-9,12-14,20H,6-7,10-11,15-17H2,1-2H3,(H2,25,26,28,29). The van der Waals surface area contributed by atoms with E-state index in [2.05, 4.69) is 10.6 Å². The van der Waals surface area contributed by atoms with Crippen molar-refractivity contribution in [2.75, 3.05) is 20.7 Å². The molecule has 0 heterocycles. The van der Waals surface area contributed by atoms with Crippen molar-refractivity contribution < 1.29 is 19.1 Å². The molecule has 0 saturated heterocycles. The summed E-state index contributed by atoms with van der Waals surface area (Å²) in [6, 6.07) is 15.4. The van der Waals surface area contributed by atoms with Gasteiger partial charge < -0.3 is 14.8 Å². The maximum Gasteiger partial charge on any atom is 0.321 e. The van der Waals surface area contributed by atoms with Crippen LogP contribution in [0.5, 0.6) is 11.5 Å². The monoisotopic (exact) mass is 425 g/mol. The number of likely N-dealkylation sites (N-methyl/N-ethyl adjacent to an activating group) is 1. The van der Waals surface area contributed by atoms with E-state index >= 15 is 0 Å². The van der Waals surface area contributed by atoms with Crippen LogP contribution in [0.25, 0.3) is 0 Å². The number of ether oxygens (including phenoxy) is 2. The van der Waals surface area contributed by atoms with Gasteiger partial charge in [-0.05, 0) is 43.1 Å². The molecule has 0 spiro atoms. The molecular formula is C24H31N3O4. The molecule has 7 heteroatoms. The van der Waals surface area contributed by atoms with Gasteiger partial charge in [-0.3, -0.25) is 15.0 Å². The van der Waals surface area contributed by atoms with Crippen molar-refractivity contribution in [3.05, 3.63) is 59.7 Å². The first-order valence-electron chi connectivity index (χ1n) is 10.7. The normalized spacial score (nSPS) is 13.8. The van der Waals surface area contributed by atoms with E-state index in [0.717, 1.165) is 36.8 Å². The van der Waals surface area contributed by atoms with Crippen LogP contribution in [-0.2, 0) is 17.9 Å². The number of hydrogen-bond donors (Lipinski definition) is 2. The predicted octanol–water partition coefficient (Wildman–Crippen LogP) is 3.47. The fourth-order valence-corrected chi connectivity index (χ4v) is 3.74. The molecule has 7 nitrogen and oxygen atoms in total. The number of carbonyl (C=O) groups excluding carboxylic acids is 2. The van der Waals surface area contributed by atoms with Crippen molar-refractivity contribution in [2.45, 2.75) is 44.9 Å². The molecule has 1 saturated carbocycles. The van der Waals surface area contributed by atoms with Crippen LogP contribution in [0.3, 0.4) is 0 Å². The number of imide groups is 1. The van der Waals surface area contributed by atoms with Crippen LogP contribution in [-0.4, -0.2) is 43.6 Å². The largest absolute Gasteiger partial charge is 0.493 e. The molecule has 0 unspecified atom stereocenters. The zero-order chi connectivity index (χ0) is 22.1. The van der Waals surface area contributed by atoms with Gasteiger partial charge in [-0.2, -0.15) is 0 Å². The number of urea groups is 1. The van der Waals surface area contributed by atoms with Gasteiger partial charge in [-0.15, -0.1) is 0 Å². The van der Waals surface area contributed by atoms with Gasteiger partial charge in [0.15, 0.2) is 11.5 Å². The number of hydrogen-bond acceptors (Lipinski definition) is 5. The highest BCUT2D eigenvalue weighted by molar-refractivity contribution is 5.95. The molecular weight excluding hydrogens is 394 g/mol. The van der Waals surface area contributed by atoms with Crippen LogP contribution in [0.2, 0.25) is 0 Å². The maximum absolute atomic E-state index is 12.2. The molecule has 1 fully saturated rings. The van der Waals surface area contributed by atoms with Crippen LogP contribution in [0.4, 0.5) is 4.79 Å². The van der Waals surface area contributed by atoms with E-state index in [9.17, 15) is 9.59 Å². The molecule has 3 amide bonds. The van der Waals surface area contributed by atoms with Crippen LogP contribution in [0, 0.1) is 0 Å². The summed E-state index contributed by atoms with van der Waals surface area (Å²) in [7, 11) is 3.44. The summed E-state index contributed by atoms with van der Waals surface area (Å²) in [5.41, 5.74) is 2.06. The van der Waals surface area contributed by atoms with Crippen LogP contribution >= 0.6 is 0 Å². The summed E-state index contributed by atoms with van der Waals surface area (Å²) < 4.78 is 11.4. The van der Waals surface area contributed by atoms with Gasteiger partial charge in [0.2, 0.25) is 5.91 Å². The lowest BCUT2D eigenvalue weighted by Gasteiger charge is -2.18. The quantitative estimate of drug-likeness (QED) is 0.643. The minimum Gasteiger partial charge on any atom is -0.493 e. The van der Waals surface area contributed by atoms with Gasteiger partial charge in [0, 0.05) is 12.6 Å². The lowest BCUT2D eigenvalue weighted by atomic mass is 10.2. The highest BCUT2D eigenvalue weighted by Gasteiger charge is 2.18. The van der Waals surface area contributed by atoms with Crippen LogP contribution in [0.15, 0.2) is 48.5 Å². The van der Waals surface area contributed by atoms with E-state index in [1.807, 2.05) is 60.5 Å². The number of nitrogens with zero attached hydrogens (tertiary/aromatic N) is 1. The van der Waals surface area contributed by atoms with E-state index in [1.54, 1.807) is 7.11 Å². The van der Waals surface area contributed by atoms with Crippen molar-refractivity contribution in [2.24, 2.45) is 0 Å². The summed E-state index contributed by atoms with van der Waals surface area (Å²) in [6.45, 7) is 1.11. The Morgan fingerprint density at radius 1 is 1.03 bits per heavy atom. The van der Waals surface area contributed by atoms with Crippen molar-refractivity contribution in [1.29, 1.82) is 0 Å². The second kappa shape index (κ2) is 11.4. The molecule has 166 valence electrons. The summed E-state index contributed by atoms with van der Waals surface area (Å²) >= 11 is 0. The Kier molecular flexibility index (Phi) is 8.29. The van der Waals surface area contributed by atoms with Crippen molar-refractivity contribution in [1.82, 2.24) is 15.5 Å². The smallest absolute Gasteiger partial charge is 0.321 e. The summed E-state index contributed by atoms with van der Waals surface area (Å²) in [6.07, 6.45) is 4.21. The zero-order valence-electron chi connectivity index (χ0n) is 18.2. The summed E-state index contributed by atoms with van der Waals surface area (Å²) in [5.74, 6) is 0.981. The van der Waals surface area contributed by atoms with Crippen molar-refractivity contribution in [3.63, 3.8) is 0 Å². The molecule has 0 aromatic heterocycles. The molecule has 0 aliphatic heterocycles. The molecule has 2 aromatic rings. The van der Waals surface area contributed by atoms with E-state index < -0.39 is 6.03 Å². The van der Waals surface area contributed by atoms with Crippen LogP contribution in [0.1, 0.15) is 36.8 Å². The third kappa shape index (κ3) is 7.29. The van der Waals surface area contributed by atoms with Crippen LogP contribution < -0.4 is 20.1 Å². The van der Waals surface area contributed by atoms with Crippen molar-refractivity contribution in [3.8, 4) is 11.5 Å². The Morgan fingerprint density at radius 3 is 2.48 bits per heavy atom. The fraction of sp³-hybridized carbons (Fsp3) is 0.417. The summed E-state index contributed by atoms with van der Waals surface area (Å²) in [5, 5.41) is 5.27. The number of carbonyl (C=O) groups is 2. The molecule has 2 N–H and O–H groups in total. The van der Waals surface area contributed by atoms with Gasteiger partial charge in [0.1, 0.15) is 6.61 Å². The SMILES string of the molecule is COc1cc(CN(C)CC(=O)NC(=O)NC2CCCC2)ccc1OCc1ccccc1. The number of benzene rings is 2. The molecule has 1 aliphatic rings. The molecule has 1 aliphatic carbocycles. The molecule has 0 bridgehead atoms. The van der Waals surface area contributed by atoms with E-state index in [-0.39, 0.29) is 18.5 Å². The van der Waals surface area contributed by atoms with Gasteiger partial charge in [0.25, 0.3) is 0 Å². The zero-order valence-corrected chi connectivity index (χ0v) is 18.2. The van der Waals surface area contributed by atoms with Gasteiger partial charge in [-0.1, -0.05) is 49.2 Å². The lowest BCUT2D eigenvalue weighted by molar-refractivity contribution is -0.121. The van der Waals surface area contributed by atoms with Crippen molar-refractivity contribution >= 4 is 11.9 Å².